The van der Waals surface area contributed by atoms with Crippen LogP contribution in [0, 0.1) is 0 Å². The monoisotopic (exact) mass is 490 g/mol. The zero-order valence-corrected chi connectivity index (χ0v) is 19.9. The number of hydrogen-bond acceptors (Lipinski definition) is 6. The zero-order chi connectivity index (χ0) is 23.8. The third-order valence-electron chi connectivity index (χ3n) is 5.47. The number of carbonyl (C=O) groups is 1. The molecule has 7 nitrogen and oxygen atoms in total. The molecule has 1 unspecified atom stereocenters. The van der Waals surface area contributed by atoms with Crippen LogP contribution >= 0.6 is 23.4 Å². The second-order valence-corrected chi connectivity index (χ2v) is 9.36. The van der Waals surface area contributed by atoms with Gasteiger partial charge in [-0.05, 0) is 43.3 Å². The first kappa shape index (κ1) is 22.2. The molecule has 9 heteroatoms. The molecule has 5 rings (SSSR count). The molecule has 0 N–H and O–H groups in total. The molecule has 0 aliphatic rings. The number of nitrogens with zero attached hydrogens (tertiary/aromatic N) is 4. The van der Waals surface area contributed by atoms with Crippen LogP contribution in [0.3, 0.4) is 0 Å². The van der Waals surface area contributed by atoms with E-state index in [1.54, 1.807) is 49.6 Å². The number of ether oxygens (including phenoxy) is 1. The number of Topliss-reactive ketones (excluding diaryl/α,β-unsaturated/α-hetero) is 1. The van der Waals surface area contributed by atoms with E-state index in [9.17, 15) is 9.59 Å². The Labute approximate surface area is 204 Å². The quantitative estimate of drug-likeness (QED) is 0.244. The first-order valence-corrected chi connectivity index (χ1v) is 11.7. The molecule has 2 aromatic heterocycles. The Morgan fingerprint density at radius 1 is 1.03 bits per heavy atom. The molecule has 170 valence electrons. The lowest BCUT2D eigenvalue weighted by atomic mass is 10.1. The Bertz CT molecular complexity index is 1610. The van der Waals surface area contributed by atoms with E-state index in [4.69, 9.17) is 16.3 Å². The largest absolute Gasteiger partial charge is 0.497 e. The van der Waals surface area contributed by atoms with Gasteiger partial charge in [0.25, 0.3) is 5.56 Å². The van der Waals surface area contributed by atoms with Crippen LogP contribution < -0.4 is 10.3 Å². The summed E-state index contributed by atoms with van der Waals surface area (Å²) in [7, 11) is 1.57. The van der Waals surface area contributed by atoms with E-state index < -0.39 is 5.25 Å². The van der Waals surface area contributed by atoms with Gasteiger partial charge >= 0.3 is 0 Å². The van der Waals surface area contributed by atoms with E-state index in [-0.39, 0.29) is 11.3 Å². The van der Waals surface area contributed by atoms with Crippen molar-refractivity contribution in [1.29, 1.82) is 0 Å². The summed E-state index contributed by atoms with van der Waals surface area (Å²) in [5, 5.41) is 9.76. The molecule has 34 heavy (non-hydrogen) atoms. The van der Waals surface area contributed by atoms with Crippen molar-refractivity contribution < 1.29 is 9.53 Å². The lowest BCUT2D eigenvalue weighted by Gasteiger charge is -2.13. The fourth-order valence-electron chi connectivity index (χ4n) is 3.83. The number of fused-ring (bicyclic) bond motifs is 3. The van der Waals surface area contributed by atoms with Crippen LogP contribution in [-0.2, 0) is 0 Å². The Morgan fingerprint density at radius 3 is 2.62 bits per heavy atom. The van der Waals surface area contributed by atoms with Gasteiger partial charge in [0.2, 0.25) is 5.78 Å². The molecule has 0 radical (unpaired) electrons. The maximum atomic E-state index is 13.5. The molecule has 0 aliphatic carbocycles. The maximum Gasteiger partial charge on any atom is 0.267 e. The van der Waals surface area contributed by atoms with Gasteiger partial charge in [0.05, 0.1) is 29.0 Å². The fraction of sp³-hybridized carbons (Fsp3) is 0.120. The molecule has 0 spiro atoms. The van der Waals surface area contributed by atoms with Crippen LogP contribution in [0.1, 0.15) is 17.3 Å². The first-order chi connectivity index (χ1) is 16.5. The number of benzene rings is 3. The Kier molecular flexibility index (Phi) is 5.85. The van der Waals surface area contributed by atoms with Crippen LogP contribution in [0.2, 0.25) is 5.02 Å². The lowest BCUT2D eigenvalue weighted by Crippen LogP contribution is -2.22. The molecule has 0 fully saturated rings. The van der Waals surface area contributed by atoms with Gasteiger partial charge < -0.3 is 4.74 Å². The van der Waals surface area contributed by atoms with Crippen molar-refractivity contribution in [2.75, 3.05) is 7.11 Å². The lowest BCUT2D eigenvalue weighted by molar-refractivity contribution is 0.0994. The molecule has 5 aromatic rings. The number of aromatic nitrogens is 4. The topological polar surface area (TPSA) is 78.5 Å². The highest BCUT2D eigenvalue weighted by Gasteiger charge is 2.23. The number of halogens is 1. The molecule has 0 amide bonds. The second kappa shape index (κ2) is 8.96. The van der Waals surface area contributed by atoms with Crippen molar-refractivity contribution in [2.24, 2.45) is 0 Å². The number of ketones is 1. The van der Waals surface area contributed by atoms with Gasteiger partial charge in [0.1, 0.15) is 5.75 Å². The van der Waals surface area contributed by atoms with Crippen molar-refractivity contribution >= 4 is 45.8 Å². The standard InChI is InChI=1S/C25H19ClN4O3S/c1-15(22(31)16-7-5-8-17(26)13-16)34-25-28-27-24-29(18-9-6-10-19(14-18)33-2)23(32)20-11-3-4-12-21(20)30(24)25/h3-15H,1-2H3. The Morgan fingerprint density at radius 2 is 1.82 bits per heavy atom. The van der Waals surface area contributed by atoms with Crippen LogP contribution in [0.15, 0.2) is 82.7 Å². The molecular formula is C25H19ClN4O3S. The van der Waals surface area contributed by atoms with E-state index in [0.29, 0.717) is 43.9 Å². The van der Waals surface area contributed by atoms with Crippen LogP contribution in [-0.4, -0.2) is 37.3 Å². The number of thioether (sulfide) groups is 1. The minimum Gasteiger partial charge on any atom is -0.497 e. The van der Waals surface area contributed by atoms with Crippen molar-refractivity contribution in [1.82, 2.24) is 19.2 Å². The van der Waals surface area contributed by atoms with Gasteiger partial charge in [0.15, 0.2) is 10.9 Å². The number of para-hydroxylation sites is 1. The highest BCUT2D eigenvalue weighted by atomic mass is 35.5. The van der Waals surface area contributed by atoms with Crippen molar-refractivity contribution in [2.45, 2.75) is 17.3 Å². The number of methoxy groups -OCH3 is 1. The molecule has 0 saturated carbocycles. The summed E-state index contributed by atoms with van der Waals surface area (Å²) in [5.41, 5.74) is 1.58. The Hall–Kier alpha value is -3.62. The first-order valence-electron chi connectivity index (χ1n) is 10.5. The van der Waals surface area contributed by atoms with Gasteiger partial charge in [0, 0.05) is 16.7 Å². The normalized spacial score (nSPS) is 12.2. The summed E-state index contributed by atoms with van der Waals surface area (Å²) in [4.78, 5) is 26.5. The predicted octanol–water partition coefficient (Wildman–Crippen LogP) is 5.06. The van der Waals surface area contributed by atoms with Crippen molar-refractivity contribution in [3.63, 3.8) is 0 Å². The second-order valence-electron chi connectivity index (χ2n) is 7.61. The summed E-state index contributed by atoms with van der Waals surface area (Å²) in [5.74, 6) is 0.891. The van der Waals surface area contributed by atoms with Gasteiger partial charge in [-0.2, -0.15) is 0 Å². The van der Waals surface area contributed by atoms with E-state index in [1.807, 2.05) is 41.7 Å². The van der Waals surface area contributed by atoms with Gasteiger partial charge in [-0.25, -0.2) is 4.57 Å². The molecule has 0 bridgehead atoms. The maximum absolute atomic E-state index is 13.5. The average molecular weight is 491 g/mol. The van der Waals surface area contributed by atoms with E-state index in [1.165, 1.54) is 16.3 Å². The summed E-state index contributed by atoms with van der Waals surface area (Å²) in [6.45, 7) is 1.81. The summed E-state index contributed by atoms with van der Waals surface area (Å²) in [6.07, 6.45) is 0. The minimum atomic E-state index is -0.457. The van der Waals surface area contributed by atoms with Crippen LogP contribution in [0.25, 0.3) is 22.4 Å². The van der Waals surface area contributed by atoms with E-state index in [2.05, 4.69) is 10.2 Å². The number of rotatable bonds is 6. The summed E-state index contributed by atoms with van der Waals surface area (Å²) >= 11 is 7.34. The van der Waals surface area contributed by atoms with Crippen LogP contribution in [0.5, 0.6) is 5.75 Å². The van der Waals surface area contributed by atoms with Crippen LogP contribution in [0.4, 0.5) is 0 Å². The molecule has 3 aromatic carbocycles. The van der Waals surface area contributed by atoms with Gasteiger partial charge in [-0.3, -0.25) is 14.0 Å². The van der Waals surface area contributed by atoms with E-state index in [0.717, 1.165) is 0 Å². The van der Waals surface area contributed by atoms with Crippen molar-refractivity contribution in [3.05, 3.63) is 93.7 Å². The molecule has 2 heterocycles. The Balaban J connectivity index is 1.67. The fourth-order valence-corrected chi connectivity index (χ4v) is 4.95. The minimum absolute atomic E-state index is 0.0744. The molecule has 1 atom stereocenters. The smallest absolute Gasteiger partial charge is 0.267 e. The molecular weight excluding hydrogens is 472 g/mol. The third kappa shape index (κ3) is 3.85. The summed E-state index contributed by atoms with van der Waals surface area (Å²) < 4.78 is 8.65. The van der Waals surface area contributed by atoms with Gasteiger partial charge in [-0.1, -0.05) is 53.7 Å². The zero-order valence-electron chi connectivity index (χ0n) is 18.3. The number of hydrogen-bond donors (Lipinski definition) is 0. The summed E-state index contributed by atoms with van der Waals surface area (Å²) in [6, 6.07) is 21.3. The average Bonchev–Trinajstić information content (AvgIpc) is 3.27. The van der Waals surface area contributed by atoms with Crippen molar-refractivity contribution in [3.8, 4) is 11.4 Å². The molecule has 0 saturated heterocycles. The molecule has 0 aliphatic heterocycles. The predicted molar refractivity (Wildman–Crippen MR) is 134 cm³/mol. The highest BCUT2D eigenvalue weighted by molar-refractivity contribution is 8.00. The highest BCUT2D eigenvalue weighted by Crippen LogP contribution is 2.28. The SMILES string of the molecule is COc1cccc(-n2c(=O)c3ccccc3n3c(SC(C)C(=O)c4cccc(Cl)c4)nnc23)c1. The third-order valence-corrected chi connectivity index (χ3v) is 6.74. The van der Waals surface area contributed by atoms with E-state index >= 15 is 0 Å². The number of carbonyl (C=O) groups excluding carboxylic acids is 1. The van der Waals surface area contributed by atoms with Gasteiger partial charge in [-0.15, -0.1) is 10.2 Å².